The molecule has 0 bridgehead atoms. The molecule has 0 spiro atoms. The number of rotatable bonds is 5. The largest absolute Gasteiger partial charge is 0.207 e. The van der Waals surface area contributed by atoms with Crippen LogP contribution < -0.4 is 0 Å². The second-order valence-electron chi connectivity index (χ2n) is 3.55. The zero-order chi connectivity index (χ0) is 10.4. The number of benzene rings is 1. The Hall–Kier alpha value is -0.370. The highest BCUT2D eigenvalue weighted by molar-refractivity contribution is 9.09. The second kappa shape index (κ2) is 6.18. The van der Waals surface area contributed by atoms with Crippen molar-refractivity contribution in [1.29, 1.82) is 0 Å². The van der Waals surface area contributed by atoms with Crippen LogP contribution in [0.5, 0.6) is 0 Å². The first kappa shape index (κ1) is 11.7. The number of hydrogen-bond acceptors (Lipinski definition) is 0. The van der Waals surface area contributed by atoms with Gasteiger partial charge in [0.15, 0.2) is 0 Å². The predicted molar refractivity (Wildman–Crippen MR) is 62.3 cm³/mol. The first-order chi connectivity index (χ1) is 6.72. The molecule has 1 atom stereocenters. The van der Waals surface area contributed by atoms with E-state index in [2.05, 4.69) is 22.9 Å². The van der Waals surface area contributed by atoms with Gasteiger partial charge in [-0.05, 0) is 37.0 Å². The van der Waals surface area contributed by atoms with E-state index in [1.165, 1.54) is 18.9 Å². The van der Waals surface area contributed by atoms with Crippen molar-refractivity contribution in [3.63, 3.8) is 0 Å². The average Bonchev–Trinajstić information content (AvgIpc) is 2.15. The summed E-state index contributed by atoms with van der Waals surface area (Å²) in [4.78, 5) is 0.566. The van der Waals surface area contributed by atoms with Crippen LogP contribution in [0.25, 0.3) is 0 Å². The van der Waals surface area contributed by atoms with Crippen LogP contribution in [0.15, 0.2) is 24.3 Å². The minimum absolute atomic E-state index is 0.135. The zero-order valence-corrected chi connectivity index (χ0v) is 10.1. The molecule has 1 aromatic carbocycles. The summed E-state index contributed by atoms with van der Waals surface area (Å²) in [5.74, 6) is -0.135. The summed E-state index contributed by atoms with van der Waals surface area (Å²) in [5, 5.41) is 0. The third kappa shape index (κ3) is 4.23. The van der Waals surface area contributed by atoms with Crippen LogP contribution in [0.4, 0.5) is 4.39 Å². The highest BCUT2D eigenvalue weighted by Gasteiger charge is 2.03. The first-order valence-electron chi connectivity index (χ1n) is 5.11. The Kier molecular flexibility index (Phi) is 5.16. The number of hydrogen-bond donors (Lipinski definition) is 0. The minimum Gasteiger partial charge on any atom is -0.207 e. The molecule has 1 unspecified atom stereocenters. The van der Waals surface area contributed by atoms with Crippen molar-refractivity contribution < 1.29 is 4.39 Å². The molecule has 0 N–H and O–H groups in total. The maximum absolute atomic E-state index is 12.8. The normalized spacial score (nSPS) is 12.8. The molecule has 0 saturated carbocycles. The lowest BCUT2D eigenvalue weighted by Crippen LogP contribution is -1.99. The summed E-state index contributed by atoms with van der Waals surface area (Å²) >= 11 is 3.62. The van der Waals surface area contributed by atoms with E-state index in [9.17, 15) is 4.39 Å². The molecule has 2 heteroatoms. The lowest BCUT2D eigenvalue weighted by Gasteiger charge is -2.07. The van der Waals surface area contributed by atoms with Gasteiger partial charge in [-0.3, -0.25) is 0 Å². The molecule has 0 aliphatic heterocycles. The topological polar surface area (TPSA) is 0 Å². The molecule has 0 aromatic heterocycles. The van der Waals surface area contributed by atoms with Crippen LogP contribution in [0, 0.1) is 5.82 Å². The Morgan fingerprint density at radius 1 is 1.36 bits per heavy atom. The van der Waals surface area contributed by atoms with E-state index < -0.39 is 0 Å². The summed E-state index contributed by atoms with van der Waals surface area (Å²) in [7, 11) is 0. The fraction of sp³-hybridized carbons (Fsp3) is 0.500. The van der Waals surface area contributed by atoms with Gasteiger partial charge < -0.3 is 0 Å². The van der Waals surface area contributed by atoms with Gasteiger partial charge in [-0.1, -0.05) is 41.4 Å². The fourth-order valence-corrected chi connectivity index (χ4v) is 2.16. The van der Waals surface area contributed by atoms with Gasteiger partial charge in [-0.15, -0.1) is 0 Å². The molecule has 0 heterocycles. The van der Waals surface area contributed by atoms with Crippen molar-refractivity contribution in [3.05, 3.63) is 35.6 Å². The fourth-order valence-electron chi connectivity index (χ4n) is 1.47. The number of alkyl halides is 1. The number of aryl methyl sites for hydroxylation is 1. The Balaban J connectivity index is 2.37. The SMILES string of the molecule is CCCC(Br)CCc1cccc(F)c1. The van der Waals surface area contributed by atoms with Gasteiger partial charge in [-0.2, -0.15) is 0 Å². The Morgan fingerprint density at radius 2 is 2.14 bits per heavy atom. The smallest absolute Gasteiger partial charge is 0.123 e. The predicted octanol–water partition coefficient (Wildman–Crippen LogP) is 4.32. The molecule has 0 fully saturated rings. The summed E-state index contributed by atoms with van der Waals surface area (Å²) < 4.78 is 12.8. The van der Waals surface area contributed by atoms with E-state index in [0.717, 1.165) is 18.4 Å². The molecule has 0 nitrogen and oxygen atoms in total. The maximum Gasteiger partial charge on any atom is 0.123 e. The van der Waals surface area contributed by atoms with Gasteiger partial charge in [0, 0.05) is 4.83 Å². The third-order valence-corrected chi connectivity index (χ3v) is 3.15. The van der Waals surface area contributed by atoms with E-state index in [0.29, 0.717) is 4.83 Å². The van der Waals surface area contributed by atoms with Crippen molar-refractivity contribution in [2.24, 2.45) is 0 Å². The van der Waals surface area contributed by atoms with Crippen molar-refractivity contribution in [1.82, 2.24) is 0 Å². The van der Waals surface area contributed by atoms with E-state index in [4.69, 9.17) is 0 Å². The van der Waals surface area contributed by atoms with Gasteiger partial charge >= 0.3 is 0 Å². The molecule has 0 saturated heterocycles. The summed E-state index contributed by atoms with van der Waals surface area (Å²) in [6.45, 7) is 2.18. The van der Waals surface area contributed by atoms with Gasteiger partial charge in [-0.25, -0.2) is 4.39 Å². The van der Waals surface area contributed by atoms with E-state index >= 15 is 0 Å². The van der Waals surface area contributed by atoms with Crippen LogP contribution in [0.3, 0.4) is 0 Å². The molecule has 0 aliphatic rings. The standard InChI is InChI=1S/C12H16BrF/c1-2-4-11(13)8-7-10-5-3-6-12(14)9-10/h3,5-6,9,11H,2,4,7-8H2,1H3. The highest BCUT2D eigenvalue weighted by atomic mass is 79.9. The van der Waals surface area contributed by atoms with E-state index in [1.807, 2.05) is 6.07 Å². The molecule has 1 rings (SSSR count). The van der Waals surface area contributed by atoms with Crippen molar-refractivity contribution in [3.8, 4) is 0 Å². The molecule has 1 aromatic rings. The van der Waals surface area contributed by atoms with Gasteiger partial charge in [0.2, 0.25) is 0 Å². The lowest BCUT2D eigenvalue weighted by molar-refractivity contribution is 0.623. The van der Waals surface area contributed by atoms with Crippen molar-refractivity contribution >= 4 is 15.9 Å². The Morgan fingerprint density at radius 3 is 2.79 bits per heavy atom. The molecule has 0 aliphatic carbocycles. The van der Waals surface area contributed by atoms with Gasteiger partial charge in [0.1, 0.15) is 5.82 Å². The molecule has 0 amide bonds. The van der Waals surface area contributed by atoms with E-state index in [1.54, 1.807) is 12.1 Å². The van der Waals surface area contributed by atoms with Crippen molar-refractivity contribution in [2.75, 3.05) is 0 Å². The van der Waals surface area contributed by atoms with Gasteiger partial charge in [0.05, 0.1) is 0 Å². The van der Waals surface area contributed by atoms with Crippen molar-refractivity contribution in [2.45, 2.75) is 37.4 Å². The quantitative estimate of drug-likeness (QED) is 0.691. The van der Waals surface area contributed by atoms with Gasteiger partial charge in [0.25, 0.3) is 0 Å². The monoisotopic (exact) mass is 258 g/mol. The minimum atomic E-state index is -0.135. The number of halogens is 2. The van der Waals surface area contributed by atoms with Crippen LogP contribution in [0.2, 0.25) is 0 Å². The average molecular weight is 259 g/mol. The summed E-state index contributed by atoms with van der Waals surface area (Å²) in [5.41, 5.74) is 1.09. The Labute approximate surface area is 93.7 Å². The Bertz CT molecular complexity index is 273. The highest BCUT2D eigenvalue weighted by Crippen LogP contribution is 2.16. The summed E-state index contributed by atoms with van der Waals surface area (Å²) in [6.07, 6.45) is 4.42. The lowest BCUT2D eigenvalue weighted by atomic mass is 10.1. The van der Waals surface area contributed by atoms with Crippen LogP contribution in [-0.4, -0.2) is 4.83 Å². The van der Waals surface area contributed by atoms with E-state index in [-0.39, 0.29) is 5.82 Å². The molecule has 14 heavy (non-hydrogen) atoms. The summed E-state index contributed by atoms with van der Waals surface area (Å²) in [6, 6.07) is 6.86. The molecule has 78 valence electrons. The third-order valence-electron chi connectivity index (χ3n) is 2.24. The molecular formula is C12H16BrF. The first-order valence-corrected chi connectivity index (χ1v) is 6.02. The molecule has 0 radical (unpaired) electrons. The molecular weight excluding hydrogens is 243 g/mol. The van der Waals surface area contributed by atoms with Crippen LogP contribution in [0.1, 0.15) is 31.7 Å². The van der Waals surface area contributed by atoms with Crippen LogP contribution in [-0.2, 0) is 6.42 Å². The second-order valence-corrected chi connectivity index (χ2v) is 4.85. The zero-order valence-electron chi connectivity index (χ0n) is 8.47. The van der Waals surface area contributed by atoms with Crippen LogP contribution >= 0.6 is 15.9 Å². The maximum atomic E-state index is 12.8.